The van der Waals surface area contributed by atoms with Crippen LogP contribution in [-0.4, -0.2) is 30.4 Å². The zero-order valence-electron chi connectivity index (χ0n) is 8.71. The summed E-state index contributed by atoms with van der Waals surface area (Å²) in [5.74, 6) is 1.40. The highest BCUT2D eigenvalue weighted by Crippen LogP contribution is 2.16. The first kappa shape index (κ1) is 10.5. The van der Waals surface area contributed by atoms with Crippen LogP contribution in [0, 0.1) is 17.2 Å². The molecule has 1 heterocycles. The van der Waals surface area contributed by atoms with E-state index in [-0.39, 0.29) is 0 Å². The van der Waals surface area contributed by atoms with Crippen molar-refractivity contribution in [2.45, 2.75) is 26.7 Å². The molecule has 3 heteroatoms. The highest BCUT2D eigenvalue weighted by atomic mass is 15.1. The van der Waals surface area contributed by atoms with Crippen molar-refractivity contribution in [2.75, 3.05) is 19.6 Å². The predicted molar refractivity (Wildman–Crippen MR) is 55.9 cm³/mol. The van der Waals surface area contributed by atoms with Gasteiger partial charge in [0, 0.05) is 19.0 Å². The van der Waals surface area contributed by atoms with E-state index in [4.69, 9.17) is 11.1 Å². The molecule has 0 radical (unpaired) electrons. The summed E-state index contributed by atoms with van der Waals surface area (Å²) in [6.45, 7) is 7.79. The molecule has 1 aliphatic heterocycles. The first-order valence-corrected chi connectivity index (χ1v) is 5.16. The molecular weight excluding hydrogens is 162 g/mol. The minimum Gasteiger partial charge on any atom is -0.387 e. The smallest absolute Gasteiger partial charge is 0.0949 e. The molecule has 1 fully saturated rings. The van der Waals surface area contributed by atoms with Crippen molar-refractivity contribution in [3.63, 3.8) is 0 Å². The van der Waals surface area contributed by atoms with Crippen molar-refractivity contribution >= 4 is 5.84 Å². The lowest BCUT2D eigenvalue weighted by Crippen LogP contribution is -2.42. The average Bonchev–Trinajstić information content (AvgIpc) is 2.03. The Kier molecular flexibility index (Phi) is 3.72. The van der Waals surface area contributed by atoms with E-state index >= 15 is 0 Å². The summed E-state index contributed by atoms with van der Waals surface area (Å²) in [5.41, 5.74) is 5.52. The molecule has 0 aromatic carbocycles. The minimum absolute atomic E-state index is 0.312. The summed E-state index contributed by atoms with van der Waals surface area (Å²) in [5, 5.41) is 7.41. The zero-order chi connectivity index (χ0) is 9.84. The van der Waals surface area contributed by atoms with E-state index in [0.717, 1.165) is 19.5 Å². The van der Waals surface area contributed by atoms with Crippen LogP contribution in [0.15, 0.2) is 0 Å². The lowest BCUT2D eigenvalue weighted by atomic mass is 9.96. The molecular formula is C10H21N3. The van der Waals surface area contributed by atoms with Gasteiger partial charge < -0.3 is 10.6 Å². The number of hydrogen-bond donors (Lipinski definition) is 2. The van der Waals surface area contributed by atoms with E-state index in [0.29, 0.717) is 17.7 Å². The van der Waals surface area contributed by atoms with Crippen LogP contribution in [0.3, 0.4) is 0 Å². The summed E-state index contributed by atoms with van der Waals surface area (Å²) in [6.07, 6.45) is 2.29. The number of likely N-dealkylation sites (tertiary alicyclic amines) is 1. The first-order valence-electron chi connectivity index (χ1n) is 5.16. The molecule has 13 heavy (non-hydrogen) atoms. The fourth-order valence-corrected chi connectivity index (χ4v) is 1.99. The Bertz CT molecular complexity index is 177. The SMILES string of the molecule is CC(C)CN1CCCC(C(=N)N)C1. The van der Waals surface area contributed by atoms with Crippen LogP contribution in [0.1, 0.15) is 26.7 Å². The van der Waals surface area contributed by atoms with Crippen molar-refractivity contribution in [1.29, 1.82) is 5.41 Å². The van der Waals surface area contributed by atoms with Crippen LogP contribution >= 0.6 is 0 Å². The van der Waals surface area contributed by atoms with Gasteiger partial charge in [-0.2, -0.15) is 0 Å². The number of hydrogen-bond acceptors (Lipinski definition) is 2. The monoisotopic (exact) mass is 183 g/mol. The molecule has 1 rings (SSSR count). The molecule has 0 amide bonds. The van der Waals surface area contributed by atoms with Crippen LogP contribution in [-0.2, 0) is 0 Å². The topological polar surface area (TPSA) is 53.1 Å². The van der Waals surface area contributed by atoms with Gasteiger partial charge in [0.15, 0.2) is 0 Å². The number of rotatable bonds is 3. The maximum Gasteiger partial charge on any atom is 0.0949 e. The summed E-state index contributed by atoms with van der Waals surface area (Å²) >= 11 is 0. The normalized spacial score (nSPS) is 25.0. The molecule has 1 saturated heterocycles. The molecule has 0 aliphatic carbocycles. The Morgan fingerprint density at radius 2 is 2.31 bits per heavy atom. The molecule has 3 N–H and O–H groups in total. The summed E-state index contributed by atoms with van der Waals surface area (Å²) in [7, 11) is 0. The van der Waals surface area contributed by atoms with Crippen molar-refractivity contribution in [3.05, 3.63) is 0 Å². The quantitative estimate of drug-likeness (QED) is 0.511. The van der Waals surface area contributed by atoms with E-state index in [1.807, 2.05) is 0 Å². The molecule has 1 atom stereocenters. The average molecular weight is 183 g/mol. The molecule has 0 saturated carbocycles. The van der Waals surface area contributed by atoms with E-state index in [1.165, 1.54) is 13.0 Å². The van der Waals surface area contributed by atoms with Crippen molar-refractivity contribution in [1.82, 2.24) is 4.90 Å². The fraction of sp³-hybridized carbons (Fsp3) is 0.900. The number of nitrogens with one attached hydrogen (secondary N) is 1. The molecule has 0 aromatic rings. The largest absolute Gasteiger partial charge is 0.387 e. The second-order valence-corrected chi connectivity index (χ2v) is 4.45. The van der Waals surface area contributed by atoms with Gasteiger partial charge in [-0.15, -0.1) is 0 Å². The maximum absolute atomic E-state index is 7.41. The highest BCUT2D eigenvalue weighted by molar-refractivity contribution is 5.79. The third kappa shape index (κ3) is 3.35. The summed E-state index contributed by atoms with van der Waals surface area (Å²) in [4.78, 5) is 2.43. The fourth-order valence-electron chi connectivity index (χ4n) is 1.99. The lowest BCUT2D eigenvalue weighted by Gasteiger charge is -2.33. The predicted octanol–water partition coefficient (Wildman–Crippen LogP) is 1.29. The van der Waals surface area contributed by atoms with Gasteiger partial charge in [0.1, 0.15) is 0 Å². The van der Waals surface area contributed by atoms with Gasteiger partial charge in [-0.3, -0.25) is 5.41 Å². The molecule has 1 unspecified atom stereocenters. The third-order valence-electron chi connectivity index (χ3n) is 2.57. The van der Waals surface area contributed by atoms with Gasteiger partial charge >= 0.3 is 0 Å². The standard InChI is InChI=1S/C10H21N3/c1-8(2)6-13-5-3-4-9(7-13)10(11)12/h8-9H,3-7H2,1-2H3,(H3,11,12). The Balaban J connectivity index is 2.37. The van der Waals surface area contributed by atoms with Crippen LogP contribution < -0.4 is 5.73 Å². The molecule has 0 aromatic heterocycles. The highest BCUT2D eigenvalue weighted by Gasteiger charge is 2.21. The van der Waals surface area contributed by atoms with E-state index in [1.54, 1.807) is 0 Å². The minimum atomic E-state index is 0.312. The number of nitrogens with two attached hydrogens (primary N) is 1. The van der Waals surface area contributed by atoms with Crippen LogP contribution in [0.2, 0.25) is 0 Å². The van der Waals surface area contributed by atoms with Crippen molar-refractivity contribution in [3.8, 4) is 0 Å². The van der Waals surface area contributed by atoms with E-state index in [2.05, 4.69) is 18.7 Å². The third-order valence-corrected chi connectivity index (χ3v) is 2.57. The van der Waals surface area contributed by atoms with Crippen LogP contribution in [0.5, 0.6) is 0 Å². The second kappa shape index (κ2) is 4.61. The second-order valence-electron chi connectivity index (χ2n) is 4.45. The number of nitrogens with zero attached hydrogens (tertiary/aromatic N) is 1. The first-order chi connectivity index (χ1) is 6.09. The molecule has 76 valence electrons. The zero-order valence-corrected chi connectivity index (χ0v) is 8.71. The number of piperidine rings is 1. The maximum atomic E-state index is 7.41. The Labute approximate surface area is 80.8 Å². The molecule has 1 aliphatic rings. The van der Waals surface area contributed by atoms with E-state index < -0.39 is 0 Å². The molecule has 3 nitrogen and oxygen atoms in total. The Morgan fingerprint density at radius 3 is 2.85 bits per heavy atom. The van der Waals surface area contributed by atoms with Crippen LogP contribution in [0.4, 0.5) is 0 Å². The van der Waals surface area contributed by atoms with Gasteiger partial charge in [-0.05, 0) is 25.3 Å². The summed E-state index contributed by atoms with van der Waals surface area (Å²) in [6, 6.07) is 0. The van der Waals surface area contributed by atoms with Gasteiger partial charge in [-0.25, -0.2) is 0 Å². The molecule has 0 spiro atoms. The van der Waals surface area contributed by atoms with Gasteiger partial charge in [-0.1, -0.05) is 13.8 Å². The Morgan fingerprint density at radius 1 is 1.62 bits per heavy atom. The summed E-state index contributed by atoms with van der Waals surface area (Å²) < 4.78 is 0. The molecule has 0 bridgehead atoms. The van der Waals surface area contributed by atoms with Gasteiger partial charge in [0.05, 0.1) is 5.84 Å². The van der Waals surface area contributed by atoms with Crippen molar-refractivity contribution < 1.29 is 0 Å². The van der Waals surface area contributed by atoms with Gasteiger partial charge in [0.2, 0.25) is 0 Å². The van der Waals surface area contributed by atoms with Crippen molar-refractivity contribution in [2.24, 2.45) is 17.6 Å². The number of amidine groups is 1. The Hall–Kier alpha value is -0.570. The lowest BCUT2D eigenvalue weighted by molar-refractivity contribution is 0.184. The van der Waals surface area contributed by atoms with Gasteiger partial charge in [0.25, 0.3) is 0 Å². The van der Waals surface area contributed by atoms with Crippen LogP contribution in [0.25, 0.3) is 0 Å². The van der Waals surface area contributed by atoms with E-state index in [9.17, 15) is 0 Å².